The molecule has 0 radical (unpaired) electrons. The van der Waals surface area contributed by atoms with Gasteiger partial charge in [-0.25, -0.2) is 0 Å². The van der Waals surface area contributed by atoms with Crippen LogP contribution in [-0.4, -0.2) is 38.5 Å². The lowest BCUT2D eigenvalue weighted by Gasteiger charge is -2.25. The summed E-state index contributed by atoms with van der Waals surface area (Å²) in [6.45, 7) is -1.04. The number of benzene rings is 1. The van der Waals surface area contributed by atoms with Crippen LogP contribution in [0.3, 0.4) is 0 Å². The van der Waals surface area contributed by atoms with Crippen LogP contribution >= 0.6 is 0 Å². The normalized spacial score (nSPS) is 15.1. The SMILES string of the molecule is BBc1ccc(OCC(N)(O)C(F)(F)F)cc1. The Kier molecular flexibility index (Phi) is 4.11. The van der Waals surface area contributed by atoms with Gasteiger partial charge in [0, 0.05) is 0 Å². The van der Waals surface area contributed by atoms with Crippen molar-refractivity contribution in [3.8, 4) is 5.75 Å². The summed E-state index contributed by atoms with van der Waals surface area (Å²) in [6, 6.07) is 6.54. The average molecular weight is 245 g/mol. The van der Waals surface area contributed by atoms with Crippen molar-refractivity contribution in [1.29, 1.82) is 0 Å². The van der Waals surface area contributed by atoms with Crippen LogP contribution in [0.25, 0.3) is 0 Å². The van der Waals surface area contributed by atoms with E-state index in [0.717, 1.165) is 12.6 Å². The van der Waals surface area contributed by atoms with Crippen molar-refractivity contribution < 1.29 is 23.0 Å². The molecule has 1 aromatic carbocycles. The molecule has 1 aromatic rings. The first-order chi connectivity index (χ1) is 7.76. The van der Waals surface area contributed by atoms with Gasteiger partial charge in [0.1, 0.15) is 19.5 Å². The molecule has 0 fully saturated rings. The maximum atomic E-state index is 12.2. The van der Waals surface area contributed by atoms with E-state index in [9.17, 15) is 13.2 Å². The first-order valence-electron chi connectivity index (χ1n) is 5.06. The lowest BCUT2D eigenvalue weighted by molar-refractivity contribution is -0.266. The molecule has 0 aliphatic heterocycles. The van der Waals surface area contributed by atoms with E-state index in [-0.39, 0.29) is 5.75 Å². The van der Waals surface area contributed by atoms with Crippen molar-refractivity contribution >= 4 is 20.4 Å². The van der Waals surface area contributed by atoms with Gasteiger partial charge < -0.3 is 9.84 Å². The topological polar surface area (TPSA) is 55.5 Å². The van der Waals surface area contributed by atoms with Crippen LogP contribution in [0, 0.1) is 0 Å². The maximum absolute atomic E-state index is 12.2. The van der Waals surface area contributed by atoms with Gasteiger partial charge in [-0.2, -0.15) is 13.2 Å². The van der Waals surface area contributed by atoms with Gasteiger partial charge in [0.05, 0.1) is 7.74 Å². The zero-order chi connectivity index (χ0) is 13.1. The second kappa shape index (κ2) is 5.01. The number of rotatable bonds is 4. The summed E-state index contributed by atoms with van der Waals surface area (Å²) < 4.78 is 41.4. The van der Waals surface area contributed by atoms with E-state index < -0.39 is 18.5 Å². The summed E-state index contributed by atoms with van der Waals surface area (Å²) in [5, 5.41) is 8.94. The molecule has 0 saturated heterocycles. The Hall–Kier alpha value is -1.14. The Morgan fingerprint density at radius 2 is 1.82 bits per heavy atom. The lowest BCUT2D eigenvalue weighted by Crippen LogP contribution is -2.57. The minimum Gasteiger partial charge on any atom is -0.489 e. The molecule has 0 aliphatic carbocycles. The molecule has 0 amide bonds. The van der Waals surface area contributed by atoms with Gasteiger partial charge in [-0.05, 0) is 12.1 Å². The van der Waals surface area contributed by atoms with E-state index in [1.165, 1.54) is 12.1 Å². The molecule has 0 heterocycles. The highest BCUT2D eigenvalue weighted by molar-refractivity contribution is 6.97. The fraction of sp³-hybridized carbons (Fsp3) is 0.333. The Bertz CT molecular complexity index is 367. The highest BCUT2D eigenvalue weighted by atomic mass is 19.4. The van der Waals surface area contributed by atoms with Crippen molar-refractivity contribution in [2.75, 3.05) is 6.61 Å². The average Bonchev–Trinajstić information content (AvgIpc) is 2.25. The van der Waals surface area contributed by atoms with E-state index in [1.54, 1.807) is 12.1 Å². The lowest BCUT2D eigenvalue weighted by atomic mass is 9.51. The molecule has 1 unspecified atom stereocenters. The summed E-state index contributed by atoms with van der Waals surface area (Å²) in [6.07, 6.45) is -4.92. The largest absolute Gasteiger partial charge is 0.489 e. The van der Waals surface area contributed by atoms with E-state index >= 15 is 0 Å². The summed E-state index contributed by atoms with van der Waals surface area (Å²) in [7, 11) is 2.78. The zero-order valence-electron chi connectivity index (χ0n) is 9.29. The number of aliphatic hydroxyl groups is 1. The van der Waals surface area contributed by atoms with Crippen LogP contribution in [0.2, 0.25) is 0 Å². The molecule has 0 aromatic heterocycles. The quantitative estimate of drug-likeness (QED) is 0.522. The van der Waals surface area contributed by atoms with Crippen LogP contribution in [0.5, 0.6) is 5.75 Å². The first-order valence-corrected chi connectivity index (χ1v) is 5.06. The van der Waals surface area contributed by atoms with Gasteiger partial charge in [-0.1, -0.05) is 17.6 Å². The number of halogens is 3. The molecule has 3 N–H and O–H groups in total. The van der Waals surface area contributed by atoms with E-state index in [4.69, 9.17) is 15.6 Å². The van der Waals surface area contributed by atoms with Crippen LogP contribution in [-0.2, 0) is 0 Å². The van der Waals surface area contributed by atoms with Crippen molar-refractivity contribution in [3.05, 3.63) is 24.3 Å². The minimum absolute atomic E-state index is 0.232. The predicted octanol–water partition coefficient (Wildman–Crippen LogP) is -1.12. The third kappa shape index (κ3) is 3.67. The number of ether oxygens (including phenoxy) is 1. The fourth-order valence-electron chi connectivity index (χ4n) is 1.10. The zero-order valence-corrected chi connectivity index (χ0v) is 9.29. The molecule has 0 saturated carbocycles. The predicted molar refractivity (Wildman–Crippen MR) is 62.5 cm³/mol. The molecule has 0 aliphatic rings. The van der Waals surface area contributed by atoms with Crippen molar-refractivity contribution in [1.82, 2.24) is 0 Å². The van der Waals surface area contributed by atoms with Gasteiger partial charge in [0.15, 0.2) is 0 Å². The number of hydrogen-bond donors (Lipinski definition) is 2. The van der Waals surface area contributed by atoms with Crippen molar-refractivity contribution in [3.63, 3.8) is 0 Å². The molecular weight excluding hydrogens is 233 g/mol. The molecule has 8 heteroatoms. The standard InChI is InChI=1S/C9H12B2F3NO2/c10-11-6-1-3-7(4-2-6)17-5-8(15,16)9(12,13)14/h1-4,11,16H,5,10,15H2. The van der Waals surface area contributed by atoms with Gasteiger partial charge in [-0.15, -0.1) is 0 Å². The highest BCUT2D eigenvalue weighted by Gasteiger charge is 2.51. The van der Waals surface area contributed by atoms with E-state index in [2.05, 4.69) is 0 Å². The number of hydrogen-bond acceptors (Lipinski definition) is 3. The molecule has 17 heavy (non-hydrogen) atoms. The second-order valence-corrected chi connectivity index (χ2v) is 3.71. The molecule has 0 spiro atoms. The molecule has 1 atom stereocenters. The van der Waals surface area contributed by atoms with Gasteiger partial charge in [0.2, 0.25) is 5.72 Å². The van der Waals surface area contributed by atoms with Crippen molar-refractivity contribution in [2.45, 2.75) is 11.9 Å². The van der Waals surface area contributed by atoms with Crippen LogP contribution in [0.15, 0.2) is 24.3 Å². The van der Waals surface area contributed by atoms with Crippen LogP contribution in [0.1, 0.15) is 0 Å². The third-order valence-corrected chi connectivity index (χ3v) is 2.28. The summed E-state index contributed by atoms with van der Waals surface area (Å²) in [5.74, 6) is 0.232. The molecule has 1 rings (SSSR count). The Labute approximate surface area is 98.4 Å². The Balaban J connectivity index is 2.61. The summed E-state index contributed by atoms with van der Waals surface area (Å²) in [5.41, 5.74) is 2.40. The third-order valence-electron chi connectivity index (χ3n) is 2.28. The first kappa shape index (κ1) is 13.9. The maximum Gasteiger partial charge on any atom is 0.434 e. The molecule has 0 bridgehead atoms. The monoisotopic (exact) mass is 245 g/mol. The molecule has 92 valence electrons. The van der Waals surface area contributed by atoms with E-state index in [1.807, 2.05) is 7.74 Å². The Morgan fingerprint density at radius 1 is 1.29 bits per heavy atom. The minimum atomic E-state index is -4.92. The van der Waals surface area contributed by atoms with Crippen molar-refractivity contribution in [2.24, 2.45) is 5.73 Å². The smallest absolute Gasteiger partial charge is 0.434 e. The summed E-state index contributed by atoms with van der Waals surface area (Å²) in [4.78, 5) is 0. The second-order valence-electron chi connectivity index (χ2n) is 3.71. The fourth-order valence-corrected chi connectivity index (χ4v) is 1.10. The molecular formula is C9H12B2F3NO2. The van der Waals surface area contributed by atoms with E-state index in [0.29, 0.717) is 0 Å². The van der Waals surface area contributed by atoms with Crippen LogP contribution < -0.4 is 15.9 Å². The number of alkyl halides is 3. The van der Waals surface area contributed by atoms with Gasteiger partial charge in [-0.3, -0.25) is 5.73 Å². The van der Waals surface area contributed by atoms with Gasteiger partial charge in [0.25, 0.3) is 0 Å². The molecule has 3 nitrogen and oxygen atoms in total. The Morgan fingerprint density at radius 3 is 2.24 bits per heavy atom. The number of nitrogens with two attached hydrogens (primary N) is 1. The van der Waals surface area contributed by atoms with Gasteiger partial charge >= 0.3 is 6.18 Å². The highest BCUT2D eigenvalue weighted by Crippen LogP contribution is 2.26. The van der Waals surface area contributed by atoms with Crippen LogP contribution in [0.4, 0.5) is 13.2 Å². The summed E-state index contributed by atoms with van der Waals surface area (Å²) >= 11 is 0.